The Labute approximate surface area is 239 Å². The molecule has 0 aliphatic heterocycles. The zero-order valence-corrected chi connectivity index (χ0v) is 24.0. The van der Waals surface area contributed by atoms with Gasteiger partial charge in [-0.15, -0.1) is 5.10 Å². The number of anilines is 3. The standard InChI is InChI=1S/C28H38ClN9O2/c1-16(2)12-22(30-3)27(39)35-19-8-6-18(7-9-19)34-25-14-21(33-17-4-5-17)26-32-15-23(38(26)37-25)28(40)36-20-10-11-31-24(29)13-20/h10-11,13-19,22,30,33H,4-9,12H2,1-3H3,(H,34,37)(H,35,39)(H,31,36,40)/t18-,19-,22-/m0/s1. The van der Waals surface area contributed by atoms with Crippen molar-refractivity contribution < 1.29 is 9.59 Å². The number of carbonyl (C=O) groups is 2. The number of halogens is 1. The van der Waals surface area contributed by atoms with Gasteiger partial charge in [0.1, 0.15) is 11.0 Å². The minimum absolute atomic E-state index is 0.0791. The Balaban J connectivity index is 1.27. The lowest BCUT2D eigenvalue weighted by atomic mass is 9.90. The summed E-state index contributed by atoms with van der Waals surface area (Å²) in [5.74, 6) is 0.860. The first-order valence-corrected chi connectivity index (χ1v) is 14.5. The van der Waals surface area contributed by atoms with Gasteiger partial charge in [0.2, 0.25) is 5.91 Å². The average Bonchev–Trinajstić information content (AvgIpc) is 3.63. The van der Waals surface area contributed by atoms with E-state index >= 15 is 0 Å². The van der Waals surface area contributed by atoms with Crippen molar-refractivity contribution in [1.82, 2.24) is 30.2 Å². The van der Waals surface area contributed by atoms with Crippen LogP contribution in [0.1, 0.15) is 69.3 Å². The Morgan fingerprint density at radius 2 is 1.73 bits per heavy atom. The molecule has 2 amide bonds. The number of hydrogen-bond donors (Lipinski definition) is 5. The number of pyridine rings is 1. The van der Waals surface area contributed by atoms with Gasteiger partial charge in [-0.3, -0.25) is 9.59 Å². The van der Waals surface area contributed by atoms with Crippen molar-refractivity contribution in [2.45, 2.75) is 83.0 Å². The molecule has 2 aliphatic carbocycles. The fourth-order valence-electron chi connectivity index (χ4n) is 5.14. The number of carbonyl (C=O) groups excluding carboxylic acids is 2. The van der Waals surface area contributed by atoms with E-state index in [0.717, 1.165) is 50.6 Å². The Kier molecular flexibility index (Phi) is 8.70. The fraction of sp³-hybridized carbons (Fsp3) is 0.536. The van der Waals surface area contributed by atoms with Gasteiger partial charge < -0.3 is 26.6 Å². The summed E-state index contributed by atoms with van der Waals surface area (Å²) >= 11 is 5.98. The molecule has 40 heavy (non-hydrogen) atoms. The Morgan fingerprint density at radius 1 is 1.02 bits per heavy atom. The Hall–Kier alpha value is -3.44. The number of hydrogen-bond acceptors (Lipinski definition) is 8. The summed E-state index contributed by atoms with van der Waals surface area (Å²) < 4.78 is 1.59. The molecule has 3 heterocycles. The molecule has 214 valence electrons. The monoisotopic (exact) mass is 567 g/mol. The molecule has 11 nitrogen and oxygen atoms in total. The van der Waals surface area contributed by atoms with Gasteiger partial charge in [0.05, 0.1) is 17.9 Å². The van der Waals surface area contributed by atoms with Gasteiger partial charge in [0.15, 0.2) is 11.3 Å². The van der Waals surface area contributed by atoms with E-state index in [0.29, 0.717) is 40.0 Å². The number of aromatic nitrogens is 4. The maximum absolute atomic E-state index is 13.1. The van der Waals surface area contributed by atoms with E-state index in [4.69, 9.17) is 16.7 Å². The van der Waals surface area contributed by atoms with Crippen molar-refractivity contribution in [2.75, 3.05) is 23.0 Å². The Morgan fingerprint density at radius 3 is 2.40 bits per heavy atom. The van der Waals surface area contributed by atoms with Crippen LogP contribution in [0.4, 0.5) is 17.2 Å². The van der Waals surface area contributed by atoms with Crippen molar-refractivity contribution in [3.05, 3.63) is 41.4 Å². The quantitative estimate of drug-likeness (QED) is 0.219. The predicted octanol–water partition coefficient (Wildman–Crippen LogP) is 4.08. The summed E-state index contributed by atoms with van der Waals surface area (Å²) in [5, 5.41) is 21.4. The zero-order chi connectivity index (χ0) is 28.2. The minimum Gasteiger partial charge on any atom is -0.379 e. The van der Waals surface area contributed by atoms with Crippen LogP contribution in [-0.2, 0) is 4.79 Å². The molecule has 1 atom stereocenters. The summed E-state index contributed by atoms with van der Waals surface area (Å²) in [6.45, 7) is 4.25. The molecule has 12 heteroatoms. The third-order valence-electron chi connectivity index (χ3n) is 7.42. The van der Waals surface area contributed by atoms with Crippen molar-refractivity contribution in [3.8, 4) is 0 Å². The second-order valence-corrected chi connectivity index (χ2v) is 11.6. The lowest BCUT2D eigenvalue weighted by molar-refractivity contribution is -0.124. The largest absolute Gasteiger partial charge is 0.379 e. The Bertz CT molecular complexity index is 1350. The lowest BCUT2D eigenvalue weighted by Crippen LogP contribution is -2.48. The van der Waals surface area contributed by atoms with E-state index in [1.807, 2.05) is 13.1 Å². The minimum atomic E-state index is -0.342. The van der Waals surface area contributed by atoms with E-state index in [9.17, 15) is 9.59 Å². The van der Waals surface area contributed by atoms with Crippen LogP contribution in [0.2, 0.25) is 5.15 Å². The number of likely N-dealkylation sites (N-methyl/N-ethyl adjacent to an activating group) is 1. The van der Waals surface area contributed by atoms with Gasteiger partial charge in [0.25, 0.3) is 5.91 Å². The highest BCUT2D eigenvalue weighted by molar-refractivity contribution is 6.29. The molecule has 0 unspecified atom stereocenters. The van der Waals surface area contributed by atoms with Crippen LogP contribution in [0.5, 0.6) is 0 Å². The molecule has 5 rings (SSSR count). The highest BCUT2D eigenvalue weighted by Gasteiger charge is 2.27. The van der Waals surface area contributed by atoms with Crippen LogP contribution in [-0.4, -0.2) is 62.6 Å². The molecule has 2 fully saturated rings. The first-order valence-electron chi connectivity index (χ1n) is 14.1. The van der Waals surface area contributed by atoms with Crippen LogP contribution in [0, 0.1) is 5.92 Å². The summed E-state index contributed by atoms with van der Waals surface area (Å²) in [6, 6.07) is 5.86. The smallest absolute Gasteiger partial charge is 0.276 e. The molecule has 2 aliphatic rings. The highest BCUT2D eigenvalue weighted by atomic mass is 35.5. The number of rotatable bonds is 11. The summed E-state index contributed by atoms with van der Waals surface area (Å²) in [4.78, 5) is 34.4. The van der Waals surface area contributed by atoms with E-state index in [1.54, 1.807) is 16.6 Å². The number of nitrogens with one attached hydrogen (secondary N) is 5. The number of imidazole rings is 1. The van der Waals surface area contributed by atoms with Crippen molar-refractivity contribution >= 4 is 46.3 Å². The van der Waals surface area contributed by atoms with Crippen LogP contribution >= 0.6 is 11.6 Å². The zero-order valence-electron chi connectivity index (χ0n) is 23.2. The second kappa shape index (κ2) is 12.4. The van der Waals surface area contributed by atoms with Crippen LogP contribution in [0.25, 0.3) is 5.65 Å². The molecule has 3 aromatic heterocycles. The normalized spacial score (nSPS) is 19.8. The van der Waals surface area contributed by atoms with Crippen molar-refractivity contribution in [2.24, 2.45) is 5.92 Å². The van der Waals surface area contributed by atoms with Gasteiger partial charge in [0, 0.05) is 36.1 Å². The fourth-order valence-corrected chi connectivity index (χ4v) is 5.32. The first kappa shape index (κ1) is 28.1. The molecule has 0 radical (unpaired) electrons. The summed E-state index contributed by atoms with van der Waals surface area (Å²) in [5.41, 5.74) is 2.30. The molecular weight excluding hydrogens is 530 g/mol. The van der Waals surface area contributed by atoms with Crippen LogP contribution in [0.15, 0.2) is 30.6 Å². The van der Waals surface area contributed by atoms with E-state index in [1.165, 1.54) is 12.4 Å². The highest BCUT2D eigenvalue weighted by Crippen LogP contribution is 2.30. The number of nitrogens with zero attached hydrogens (tertiary/aromatic N) is 4. The van der Waals surface area contributed by atoms with Crippen LogP contribution in [0.3, 0.4) is 0 Å². The maximum atomic E-state index is 13.1. The van der Waals surface area contributed by atoms with Gasteiger partial charge in [-0.1, -0.05) is 25.4 Å². The summed E-state index contributed by atoms with van der Waals surface area (Å²) in [6.07, 6.45) is 9.70. The van der Waals surface area contributed by atoms with Gasteiger partial charge in [-0.25, -0.2) is 14.5 Å². The molecule has 2 saturated carbocycles. The molecular formula is C28H38ClN9O2. The van der Waals surface area contributed by atoms with E-state index in [2.05, 4.69) is 50.4 Å². The summed E-state index contributed by atoms with van der Waals surface area (Å²) in [7, 11) is 1.84. The molecule has 0 spiro atoms. The van der Waals surface area contributed by atoms with E-state index < -0.39 is 0 Å². The molecule has 5 N–H and O–H groups in total. The SMILES string of the molecule is CN[C@@H](CC(C)C)C(=O)N[C@H]1CC[C@H](Nc2cc(NC3CC3)c3ncc(C(=O)Nc4ccnc(Cl)c4)n3n2)CC1. The third kappa shape index (κ3) is 7.00. The van der Waals surface area contributed by atoms with Crippen molar-refractivity contribution in [1.29, 1.82) is 0 Å². The third-order valence-corrected chi connectivity index (χ3v) is 7.63. The molecule has 0 bridgehead atoms. The average molecular weight is 568 g/mol. The maximum Gasteiger partial charge on any atom is 0.276 e. The number of fused-ring (bicyclic) bond motifs is 1. The molecule has 0 aromatic carbocycles. The predicted molar refractivity (Wildman–Crippen MR) is 157 cm³/mol. The van der Waals surface area contributed by atoms with Crippen LogP contribution < -0.4 is 26.6 Å². The van der Waals surface area contributed by atoms with E-state index in [-0.39, 0.29) is 29.9 Å². The topological polar surface area (TPSA) is 137 Å². The molecule has 0 saturated heterocycles. The second-order valence-electron chi connectivity index (χ2n) is 11.2. The van der Waals surface area contributed by atoms with Gasteiger partial charge in [-0.2, -0.15) is 0 Å². The van der Waals surface area contributed by atoms with Crippen molar-refractivity contribution in [3.63, 3.8) is 0 Å². The molecule has 3 aromatic rings. The lowest BCUT2D eigenvalue weighted by Gasteiger charge is -2.31. The number of amides is 2. The van der Waals surface area contributed by atoms with Gasteiger partial charge >= 0.3 is 0 Å². The first-order chi connectivity index (χ1) is 19.3. The van der Waals surface area contributed by atoms with Gasteiger partial charge in [-0.05, 0) is 70.0 Å².